The predicted molar refractivity (Wildman–Crippen MR) is 111 cm³/mol. The second-order valence-electron chi connectivity index (χ2n) is 7.45. The summed E-state index contributed by atoms with van der Waals surface area (Å²) in [5.74, 6) is 1.26. The summed E-state index contributed by atoms with van der Waals surface area (Å²) in [4.78, 5) is 2.34. The maximum absolute atomic E-state index is 14.7. The summed E-state index contributed by atoms with van der Waals surface area (Å²) in [5, 5.41) is 3.57. The Bertz CT molecular complexity index is 1070. The molecule has 0 bridgehead atoms. The maximum Gasteiger partial charge on any atom is 0.161 e. The highest BCUT2D eigenvalue weighted by Crippen LogP contribution is 2.49. The fourth-order valence-corrected chi connectivity index (χ4v) is 4.64. The number of ether oxygens (including phenoxy) is 2. The van der Waals surface area contributed by atoms with E-state index in [1.165, 1.54) is 22.8 Å². The van der Waals surface area contributed by atoms with E-state index in [0.29, 0.717) is 11.3 Å². The number of hydrogen-bond donors (Lipinski definition) is 1. The first-order chi connectivity index (χ1) is 14.2. The van der Waals surface area contributed by atoms with Gasteiger partial charge in [0, 0.05) is 17.8 Å². The Labute approximate surface area is 169 Å². The fourth-order valence-electron chi connectivity index (χ4n) is 4.64. The van der Waals surface area contributed by atoms with Crippen molar-refractivity contribution < 1.29 is 13.9 Å². The van der Waals surface area contributed by atoms with E-state index < -0.39 is 0 Å². The van der Waals surface area contributed by atoms with E-state index in [0.717, 1.165) is 24.4 Å². The molecule has 0 radical (unpaired) electrons. The minimum atomic E-state index is -0.239. The lowest BCUT2D eigenvalue weighted by Gasteiger charge is -2.47. The van der Waals surface area contributed by atoms with Crippen molar-refractivity contribution in [1.29, 1.82) is 0 Å². The smallest absolute Gasteiger partial charge is 0.161 e. The Morgan fingerprint density at radius 2 is 1.59 bits per heavy atom. The molecule has 0 aliphatic carbocycles. The van der Waals surface area contributed by atoms with Crippen LogP contribution in [0.5, 0.6) is 11.5 Å². The molecule has 29 heavy (non-hydrogen) atoms. The average molecular weight is 390 g/mol. The van der Waals surface area contributed by atoms with Crippen molar-refractivity contribution >= 4 is 5.69 Å². The third-order valence-electron chi connectivity index (χ3n) is 5.99. The zero-order chi connectivity index (χ0) is 20.0. The van der Waals surface area contributed by atoms with Crippen molar-refractivity contribution in [1.82, 2.24) is 4.90 Å². The first kappa shape index (κ1) is 18.0. The molecule has 0 saturated carbocycles. The molecule has 148 valence electrons. The van der Waals surface area contributed by atoms with Crippen molar-refractivity contribution in [3.05, 3.63) is 88.7 Å². The average Bonchev–Trinajstić information content (AvgIpc) is 2.77. The SMILES string of the molecule is COc1cc2c(cc1OC)[C@@H]1c3ccccc3N[C@H](c3ccccc3F)N1CC2. The van der Waals surface area contributed by atoms with E-state index in [2.05, 4.69) is 40.5 Å². The predicted octanol–water partition coefficient (Wildman–Crippen LogP) is 4.91. The van der Waals surface area contributed by atoms with Crippen LogP contribution in [0.25, 0.3) is 0 Å². The van der Waals surface area contributed by atoms with Crippen molar-refractivity contribution in [2.45, 2.75) is 18.6 Å². The molecule has 2 heterocycles. The maximum atomic E-state index is 14.7. The summed E-state index contributed by atoms with van der Waals surface area (Å²) in [6.07, 6.45) is 0.624. The Morgan fingerprint density at radius 3 is 2.34 bits per heavy atom. The summed E-state index contributed by atoms with van der Waals surface area (Å²) in [5.41, 5.74) is 5.31. The van der Waals surface area contributed by atoms with Crippen LogP contribution in [0.15, 0.2) is 60.7 Å². The molecule has 2 aliphatic heterocycles. The van der Waals surface area contributed by atoms with Gasteiger partial charge >= 0.3 is 0 Å². The van der Waals surface area contributed by atoms with Crippen LogP contribution in [0, 0.1) is 5.82 Å². The fraction of sp³-hybridized carbons (Fsp3) is 0.250. The topological polar surface area (TPSA) is 33.7 Å². The normalized spacial score (nSPS) is 20.1. The molecule has 2 atom stereocenters. The van der Waals surface area contributed by atoms with Crippen LogP contribution in [-0.2, 0) is 6.42 Å². The van der Waals surface area contributed by atoms with Gasteiger partial charge in [0.25, 0.3) is 0 Å². The number of methoxy groups -OCH3 is 2. The molecule has 0 aromatic heterocycles. The van der Waals surface area contributed by atoms with Crippen molar-refractivity contribution in [3.8, 4) is 11.5 Å². The van der Waals surface area contributed by atoms with E-state index >= 15 is 0 Å². The van der Waals surface area contributed by atoms with Crippen LogP contribution in [0.4, 0.5) is 10.1 Å². The number of fused-ring (bicyclic) bond motifs is 5. The third kappa shape index (κ3) is 2.85. The number of anilines is 1. The van der Waals surface area contributed by atoms with E-state index in [9.17, 15) is 4.39 Å². The van der Waals surface area contributed by atoms with Gasteiger partial charge in [-0.25, -0.2) is 4.39 Å². The van der Waals surface area contributed by atoms with E-state index in [4.69, 9.17) is 9.47 Å². The lowest BCUT2D eigenvalue weighted by Crippen LogP contribution is -2.45. The Hall–Kier alpha value is -3.05. The molecule has 5 heteroatoms. The molecular formula is C24H23FN2O2. The van der Waals surface area contributed by atoms with Gasteiger partial charge in [0.15, 0.2) is 11.5 Å². The van der Waals surface area contributed by atoms with Gasteiger partial charge < -0.3 is 14.8 Å². The first-order valence-corrected chi connectivity index (χ1v) is 9.81. The van der Waals surface area contributed by atoms with Crippen LogP contribution in [-0.4, -0.2) is 25.7 Å². The molecule has 0 amide bonds. The van der Waals surface area contributed by atoms with Crippen LogP contribution in [0.1, 0.15) is 34.5 Å². The van der Waals surface area contributed by atoms with Crippen LogP contribution >= 0.6 is 0 Å². The van der Waals surface area contributed by atoms with Crippen LogP contribution in [0.2, 0.25) is 0 Å². The monoisotopic (exact) mass is 390 g/mol. The van der Waals surface area contributed by atoms with Gasteiger partial charge in [-0.3, -0.25) is 4.90 Å². The second-order valence-corrected chi connectivity index (χ2v) is 7.45. The molecule has 3 aromatic carbocycles. The number of nitrogens with zero attached hydrogens (tertiary/aromatic N) is 1. The zero-order valence-corrected chi connectivity index (χ0v) is 16.5. The number of nitrogens with one attached hydrogen (secondary N) is 1. The molecule has 5 rings (SSSR count). The molecule has 0 spiro atoms. The number of para-hydroxylation sites is 1. The molecule has 0 unspecified atom stereocenters. The van der Waals surface area contributed by atoms with Gasteiger partial charge in [0.2, 0.25) is 0 Å². The second kappa shape index (κ2) is 7.08. The Morgan fingerprint density at radius 1 is 0.897 bits per heavy atom. The minimum Gasteiger partial charge on any atom is -0.493 e. The molecule has 0 fully saturated rings. The van der Waals surface area contributed by atoms with Gasteiger partial charge in [-0.15, -0.1) is 0 Å². The summed E-state index contributed by atoms with van der Waals surface area (Å²) in [7, 11) is 3.32. The lowest BCUT2D eigenvalue weighted by atomic mass is 9.84. The van der Waals surface area contributed by atoms with Gasteiger partial charge in [-0.05, 0) is 47.4 Å². The van der Waals surface area contributed by atoms with E-state index in [-0.39, 0.29) is 18.0 Å². The van der Waals surface area contributed by atoms with E-state index in [1.54, 1.807) is 20.3 Å². The first-order valence-electron chi connectivity index (χ1n) is 9.81. The highest BCUT2D eigenvalue weighted by molar-refractivity contribution is 5.61. The standard InChI is InChI=1S/C24H23FN2O2/c1-28-21-13-15-11-12-27-23(18(15)14-22(21)29-2)17-8-4-6-10-20(17)26-24(27)16-7-3-5-9-19(16)25/h3-10,13-14,23-24,26H,11-12H2,1-2H3/t23-,24-/m0/s1. The highest BCUT2D eigenvalue weighted by Gasteiger charge is 2.40. The highest BCUT2D eigenvalue weighted by atomic mass is 19.1. The zero-order valence-electron chi connectivity index (χ0n) is 16.5. The van der Waals surface area contributed by atoms with Crippen molar-refractivity contribution in [3.63, 3.8) is 0 Å². The summed E-state index contributed by atoms with van der Waals surface area (Å²) in [6.45, 7) is 0.813. The van der Waals surface area contributed by atoms with Crippen LogP contribution in [0.3, 0.4) is 0 Å². The molecule has 1 N–H and O–H groups in total. The summed E-state index contributed by atoms with van der Waals surface area (Å²) < 4.78 is 25.8. The Kier molecular flexibility index (Phi) is 4.40. The van der Waals surface area contributed by atoms with Gasteiger partial charge in [-0.2, -0.15) is 0 Å². The minimum absolute atomic E-state index is 0.0145. The largest absolute Gasteiger partial charge is 0.493 e. The lowest BCUT2D eigenvalue weighted by molar-refractivity contribution is 0.150. The van der Waals surface area contributed by atoms with Gasteiger partial charge in [0.05, 0.1) is 20.3 Å². The van der Waals surface area contributed by atoms with Gasteiger partial charge in [0.1, 0.15) is 12.0 Å². The van der Waals surface area contributed by atoms with E-state index in [1.807, 2.05) is 18.2 Å². The Balaban J connectivity index is 1.70. The van der Waals surface area contributed by atoms with Crippen molar-refractivity contribution in [2.75, 3.05) is 26.1 Å². The third-order valence-corrected chi connectivity index (χ3v) is 5.99. The molecule has 2 aliphatic rings. The number of hydrogen-bond acceptors (Lipinski definition) is 4. The summed E-state index contributed by atoms with van der Waals surface area (Å²) in [6, 6.07) is 19.5. The molecule has 0 saturated heterocycles. The van der Waals surface area contributed by atoms with Gasteiger partial charge in [-0.1, -0.05) is 36.4 Å². The molecular weight excluding hydrogens is 367 g/mol. The number of benzene rings is 3. The quantitative estimate of drug-likeness (QED) is 0.689. The van der Waals surface area contributed by atoms with Crippen molar-refractivity contribution in [2.24, 2.45) is 0 Å². The molecule has 4 nitrogen and oxygen atoms in total. The molecule has 3 aromatic rings. The number of halogens is 1. The summed E-state index contributed by atoms with van der Waals surface area (Å²) >= 11 is 0. The van der Waals surface area contributed by atoms with Crippen LogP contribution < -0.4 is 14.8 Å². The number of rotatable bonds is 3.